The summed E-state index contributed by atoms with van der Waals surface area (Å²) >= 11 is 0. The van der Waals surface area contributed by atoms with Gasteiger partial charge in [-0.3, -0.25) is 4.79 Å². The van der Waals surface area contributed by atoms with Gasteiger partial charge in [-0.2, -0.15) is 0 Å². The summed E-state index contributed by atoms with van der Waals surface area (Å²) in [6, 6.07) is 8.45. The molecular formula is C15H17N3O3. The summed E-state index contributed by atoms with van der Waals surface area (Å²) in [7, 11) is 1.50. The van der Waals surface area contributed by atoms with Gasteiger partial charge < -0.3 is 20.5 Å². The smallest absolute Gasteiger partial charge is 0.257 e. The number of methoxy groups -OCH3 is 1. The molecule has 0 spiro atoms. The molecule has 0 unspecified atom stereocenters. The Kier molecular flexibility index (Phi) is 4.61. The van der Waals surface area contributed by atoms with E-state index in [-0.39, 0.29) is 5.91 Å². The maximum atomic E-state index is 12.2. The van der Waals surface area contributed by atoms with E-state index in [2.05, 4.69) is 10.3 Å². The van der Waals surface area contributed by atoms with Gasteiger partial charge in [0.15, 0.2) is 0 Å². The number of carbonyl (C=O) groups excluding carboxylic acids is 1. The quantitative estimate of drug-likeness (QED) is 0.824. The monoisotopic (exact) mass is 287 g/mol. The number of benzene rings is 1. The number of para-hydroxylation sites is 1. The fraction of sp³-hybridized carbons (Fsp3) is 0.200. The van der Waals surface area contributed by atoms with Crippen LogP contribution in [0, 0.1) is 0 Å². The number of pyridine rings is 1. The van der Waals surface area contributed by atoms with Crippen molar-refractivity contribution in [1.82, 2.24) is 4.98 Å². The third-order valence-corrected chi connectivity index (χ3v) is 2.82. The molecule has 0 saturated carbocycles. The first-order chi connectivity index (χ1) is 10.2. The number of nitrogens with zero attached hydrogens (tertiary/aromatic N) is 1. The standard InChI is InChI=1S/C15H17N3O3/c1-3-21-13-8-7-10(9-17-13)18-15(19)11-5-4-6-12(20-2)14(11)16/h4-9H,3,16H2,1-2H3,(H,18,19). The lowest BCUT2D eigenvalue weighted by Crippen LogP contribution is -2.14. The summed E-state index contributed by atoms with van der Waals surface area (Å²) in [6.07, 6.45) is 1.53. The molecule has 0 aliphatic carbocycles. The third kappa shape index (κ3) is 3.42. The lowest BCUT2D eigenvalue weighted by atomic mass is 10.1. The highest BCUT2D eigenvalue weighted by atomic mass is 16.5. The van der Waals surface area contributed by atoms with E-state index < -0.39 is 0 Å². The molecule has 0 bridgehead atoms. The summed E-state index contributed by atoms with van der Waals surface area (Å²) in [5.74, 6) is 0.654. The van der Waals surface area contributed by atoms with Crippen molar-refractivity contribution in [2.75, 3.05) is 24.8 Å². The molecule has 1 aromatic carbocycles. The lowest BCUT2D eigenvalue weighted by Gasteiger charge is -2.10. The maximum absolute atomic E-state index is 12.2. The highest BCUT2D eigenvalue weighted by Gasteiger charge is 2.13. The average molecular weight is 287 g/mol. The van der Waals surface area contributed by atoms with Crippen molar-refractivity contribution in [3.63, 3.8) is 0 Å². The molecule has 21 heavy (non-hydrogen) atoms. The van der Waals surface area contributed by atoms with Gasteiger partial charge in [0.25, 0.3) is 5.91 Å². The summed E-state index contributed by atoms with van der Waals surface area (Å²) in [5.41, 5.74) is 7.10. The van der Waals surface area contributed by atoms with Crippen molar-refractivity contribution >= 4 is 17.3 Å². The number of hydrogen-bond acceptors (Lipinski definition) is 5. The second-order valence-corrected chi connectivity index (χ2v) is 4.19. The third-order valence-electron chi connectivity index (χ3n) is 2.82. The first kappa shape index (κ1) is 14.6. The van der Waals surface area contributed by atoms with E-state index in [4.69, 9.17) is 15.2 Å². The summed E-state index contributed by atoms with van der Waals surface area (Å²) in [6.45, 7) is 2.42. The van der Waals surface area contributed by atoms with Crippen molar-refractivity contribution in [2.45, 2.75) is 6.92 Å². The molecule has 0 aliphatic heterocycles. The Morgan fingerprint density at radius 2 is 2.14 bits per heavy atom. The number of aromatic nitrogens is 1. The van der Waals surface area contributed by atoms with E-state index in [1.807, 2.05) is 6.92 Å². The van der Waals surface area contributed by atoms with Crippen molar-refractivity contribution in [1.29, 1.82) is 0 Å². The number of rotatable bonds is 5. The number of hydrogen-bond donors (Lipinski definition) is 2. The van der Waals surface area contributed by atoms with Crippen LogP contribution in [0.15, 0.2) is 36.5 Å². The van der Waals surface area contributed by atoms with Crippen molar-refractivity contribution in [3.8, 4) is 11.6 Å². The number of ether oxygens (including phenoxy) is 2. The van der Waals surface area contributed by atoms with Crippen LogP contribution < -0.4 is 20.5 Å². The van der Waals surface area contributed by atoms with Gasteiger partial charge in [-0.1, -0.05) is 6.07 Å². The van der Waals surface area contributed by atoms with Crippen LogP contribution >= 0.6 is 0 Å². The second kappa shape index (κ2) is 6.60. The minimum absolute atomic E-state index is 0.302. The largest absolute Gasteiger partial charge is 0.495 e. The molecule has 110 valence electrons. The Morgan fingerprint density at radius 1 is 1.33 bits per heavy atom. The first-order valence-electron chi connectivity index (χ1n) is 6.48. The van der Waals surface area contributed by atoms with Crippen LogP contribution in [0.2, 0.25) is 0 Å². The molecule has 3 N–H and O–H groups in total. The molecule has 0 aliphatic rings. The minimum atomic E-state index is -0.322. The van der Waals surface area contributed by atoms with E-state index in [0.717, 1.165) is 0 Å². The number of nitrogens with one attached hydrogen (secondary N) is 1. The molecule has 1 amide bonds. The van der Waals surface area contributed by atoms with E-state index in [0.29, 0.717) is 35.2 Å². The average Bonchev–Trinajstić information content (AvgIpc) is 2.49. The van der Waals surface area contributed by atoms with Crippen LogP contribution in [0.4, 0.5) is 11.4 Å². The number of anilines is 2. The zero-order valence-corrected chi connectivity index (χ0v) is 11.9. The molecule has 6 heteroatoms. The van der Waals surface area contributed by atoms with Crippen LogP contribution in [0.25, 0.3) is 0 Å². The van der Waals surface area contributed by atoms with E-state index >= 15 is 0 Å². The topological polar surface area (TPSA) is 86.5 Å². The molecule has 2 rings (SSSR count). The fourth-order valence-corrected chi connectivity index (χ4v) is 1.81. The van der Waals surface area contributed by atoms with Gasteiger partial charge in [-0.25, -0.2) is 4.98 Å². The Balaban J connectivity index is 2.14. The van der Waals surface area contributed by atoms with Crippen molar-refractivity contribution in [2.24, 2.45) is 0 Å². The predicted molar refractivity (Wildman–Crippen MR) is 80.8 cm³/mol. The number of nitrogen functional groups attached to an aromatic ring is 1. The number of amides is 1. The molecule has 2 aromatic rings. The summed E-state index contributed by atoms with van der Waals surface area (Å²) in [4.78, 5) is 16.3. The summed E-state index contributed by atoms with van der Waals surface area (Å²) in [5, 5.41) is 2.73. The predicted octanol–water partition coefficient (Wildman–Crippen LogP) is 2.32. The zero-order chi connectivity index (χ0) is 15.2. The van der Waals surface area contributed by atoms with Crippen LogP contribution in [-0.4, -0.2) is 24.6 Å². The van der Waals surface area contributed by atoms with Gasteiger partial charge in [0, 0.05) is 6.07 Å². The summed E-state index contributed by atoms with van der Waals surface area (Å²) < 4.78 is 10.3. The van der Waals surface area contributed by atoms with Crippen LogP contribution in [-0.2, 0) is 0 Å². The SMILES string of the molecule is CCOc1ccc(NC(=O)c2cccc(OC)c2N)cn1. The normalized spacial score (nSPS) is 10.0. The lowest BCUT2D eigenvalue weighted by molar-refractivity contribution is 0.102. The molecule has 0 atom stereocenters. The first-order valence-corrected chi connectivity index (χ1v) is 6.48. The Labute approximate surface area is 122 Å². The van der Waals surface area contributed by atoms with Gasteiger partial charge in [0.05, 0.1) is 36.9 Å². The minimum Gasteiger partial charge on any atom is -0.495 e. The zero-order valence-electron chi connectivity index (χ0n) is 11.9. The van der Waals surface area contributed by atoms with E-state index in [1.165, 1.54) is 13.3 Å². The molecule has 0 radical (unpaired) electrons. The molecule has 0 fully saturated rings. The highest BCUT2D eigenvalue weighted by Crippen LogP contribution is 2.25. The number of carbonyl (C=O) groups is 1. The Hall–Kier alpha value is -2.76. The maximum Gasteiger partial charge on any atom is 0.257 e. The Morgan fingerprint density at radius 3 is 2.76 bits per heavy atom. The van der Waals surface area contributed by atoms with Gasteiger partial charge in [-0.05, 0) is 25.1 Å². The molecule has 0 saturated heterocycles. The van der Waals surface area contributed by atoms with Crippen LogP contribution in [0.3, 0.4) is 0 Å². The molecule has 6 nitrogen and oxygen atoms in total. The van der Waals surface area contributed by atoms with Crippen LogP contribution in [0.1, 0.15) is 17.3 Å². The van der Waals surface area contributed by atoms with Crippen LogP contribution in [0.5, 0.6) is 11.6 Å². The van der Waals surface area contributed by atoms with Crippen molar-refractivity contribution < 1.29 is 14.3 Å². The highest BCUT2D eigenvalue weighted by molar-refractivity contribution is 6.08. The molecule has 1 aromatic heterocycles. The molecular weight excluding hydrogens is 270 g/mol. The van der Waals surface area contributed by atoms with Gasteiger partial charge in [0.2, 0.25) is 5.88 Å². The van der Waals surface area contributed by atoms with E-state index in [1.54, 1.807) is 30.3 Å². The van der Waals surface area contributed by atoms with E-state index in [9.17, 15) is 4.79 Å². The van der Waals surface area contributed by atoms with Gasteiger partial charge >= 0.3 is 0 Å². The fourth-order valence-electron chi connectivity index (χ4n) is 1.81. The second-order valence-electron chi connectivity index (χ2n) is 4.19. The van der Waals surface area contributed by atoms with Gasteiger partial charge in [0.1, 0.15) is 5.75 Å². The van der Waals surface area contributed by atoms with Gasteiger partial charge in [-0.15, -0.1) is 0 Å². The van der Waals surface area contributed by atoms with Crippen molar-refractivity contribution in [3.05, 3.63) is 42.1 Å². The number of nitrogens with two attached hydrogens (primary N) is 1. The Bertz CT molecular complexity index is 627. The molecule has 1 heterocycles.